The quantitative estimate of drug-likeness (QED) is 0.347. The minimum Gasteiger partial charge on any atom is -0.495 e. The number of ether oxygens (including phenoxy) is 3. The lowest BCUT2D eigenvalue weighted by atomic mass is 10.1. The normalized spacial score (nSPS) is 23.5. The summed E-state index contributed by atoms with van der Waals surface area (Å²) >= 11 is 0. The first-order chi connectivity index (χ1) is 19.5. The Balaban J connectivity index is 1.36. The van der Waals surface area contributed by atoms with Gasteiger partial charge in [0.25, 0.3) is 5.91 Å². The molecule has 0 spiro atoms. The molecular formula is C27H30F4N6O4. The fourth-order valence-electron chi connectivity index (χ4n) is 4.68. The summed E-state index contributed by atoms with van der Waals surface area (Å²) in [6, 6.07) is 7.35. The zero-order chi connectivity index (χ0) is 29.5. The van der Waals surface area contributed by atoms with Crippen LogP contribution in [0.5, 0.6) is 11.5 Å². The fraction of sp³-hybridized carbons (Fsp3) is 0.444. The number of methoxy groups -OCH3 is 1. The molecule has 10 nitrogen and oxygen atoms in total. The van der Waals surface area contributed by atoms with Gasteiger partial charge < -0.3 is 29.3 Å². The predicted molar refractivity (Wildman–Crippen MR) is 143 cm³/mol. The van der Waals surface area contributed by atoms with Crippen LogP contribution in [0.3, 0.4) is 0 Å². The number of anilines is 1. The number of carbonyl (C=O) groups excluding carboxylic acids is 1. The molecule has 0 saturated carbocycles. The van der Waals surface area contributed by atoms with Crippen LogP contribution >= 0.6 is 0 Å². The first-order valence-corrected chi connectivity index (χ1v) is 12.9. The molecule has 41 heavy (non-hydrogen) atoms. The molecule has 3 aliphatic heterocycles. The van der Waals surface area contributed by atoms with E-state index in [0.29, 0.717) is 24.9 Å². The average molecular weight is 579 g/mol. The Morgan fingerprint density at radius 3 is 2.71 bits per heavy atom. The summed E-state index contributed by atoms with van der Waals surface area (Å²) in [5, 5.41) is 5.93. The molecule has 0 aromatic heterocycles. The molecule has 0 aliphatic carbocycles. The summed E-state index contributed by atoms with van der Waals surface area (Å²) in [5.74, 6) is -3.18. The van der Waals surface area contributed by atoms with E-state index in [-0.39, 0.29) is 46.4 Å². The molecule has 2 N–H and O–H groups in total. The Labute approximate surface area is 234 Å². The number of carbonyl (C=O) groups is 1. The predicted octanol–water partition coefficient (Wildman–Crippen LogP) is 3.40. The van der Waals surface area contributed by atoms with E-state index < -0.39 is 30.2 Å². The third-order valence-corrected chi connectivity index (χ3v) is 6.89. The van der Waals surface area contributed by atoms with Gasteiger partial charge in [-0.25, -0.2) is 14.4 Å². The molecule has 4 atom stereocenters. The average Bonchev–Trinajstić information content (AvgIpc) is 3.60. The molecule has 0 radical (unpaired) electrons. The van der Waals surface area contributed by atoms with Crippen LogP contribution < -0.4 is 20.1 Å². The van der Waals surface area contributed by atoms with Gasteiger partial charge in [-0.1, -0.05) is 12.1 Å². The molecule has 1 amide bonds. The van der Waals surface area contributed by atoms with E-state index in [2.05, 4.69) is 20.6 Å². The van der Waals surface area contributed by atoms with Crippen molar-refractivity contribution in [3.05, 3.63) is 52.8 Å². The van der Waals surface area contributed by atoms with E-state index in [4.69, 9.17) is 14.2 Å². The number of alkyl halides is 3. The third-order valence-electron chi connectivity index (χ3n) is 6.89. The number of guanidine groups is 1. The minimum atomic E-state index is -4.73. The molecular weight excluding hydrogens is 548 g/mol. The topological polar surface area (TPSA) is 103 Å². The number of nitrogens with zero attached hydrogens (tertiary/aromatic N) is 4. The summed E-state index contributed by atoms with van der Waals surface area (Å²) in [6.45, 7) is 1.75. The van der Waals surface area contributed by atoms with Crippen LogP contribution in [-0.2, 0) is 11.3 Å². The Kier molecular flexibility index (Phi) is 7.90. The maximum Gasteiger partial charge on any atom is 0.402 e. The number of halogens is 4. The molecule has 2 aromatic carbocycles. The standard InChI is InChI=1S/C27H30F4N6O4/c1-36(2)9-8-32-24-22(41-24)15-10-20(39-4)18(11-17(15)28)34-26-33-12-16(27(29,30)31)23(35-26)40-19-7-5-6-14-13-37(3)25(38)21(14)19/h5-7,10-12,16,22-24,32H,8-9,13H2,1-4H3,(H,34,35). The first-order valence-electron chi connectivity index (χ1n) is 12.9. The molecule has 2 aromatic rings. The third kappa shape index (κ3) is 6.14. The molecule has 3 aliphatic rings. The van der Waals surface area contributed by atoms with Gasteiger partial charge in [0.05, 0.1) is 18.4 Å². The number of fused-ring (bicyclic) bond motifs is 1. The van der Waals surface area contributed by atoms with Crippen molar-refractivity contribution in [1.82, 2.24) is 15.1 Å². The second-order valence-corrected chi connectivity index (χ2v) is 10.2. The molecule has 5 rings (SSSR count). The molecule has 1 fully saturated rings. The van der Waals surface area contributed by atoms with Crippen molar-refractivity contribution in [3.8, 4) is 11.5 Å². The number of benzene rings is 2. The highest BCUT2D eigenvalue weighted by molar-refractivity contribution is 6.02. The van der Waals surface area contributed by atoms with Gasteiger partial charge in [0.2, 0.25) is 12.2 Å². The Morgan fingerprint density at radius 2 is 2.00 bits per heavy atom. The Morgan fingerprint density at radius 1 is 1.22 bits per heavy atom. The number of epoxide rings is 1. The molecule has 0 bridgehead atoms. The maximum absolute atomic E-state index is 15.1. The van der Waals surface area contributed by atoms with Gasteiger partial charge in [0, 0.05) is 44.5 Å². The second kappa shape index (κ2) is 11.3. The first kappa shape index (κ1) is 28.8. The van der Waals surface area contributed by atoms with Crippen molar-refractivity contribution in [3.63, 3.8) is 0 Å². The summed E-state index contributed by atoms with van der Waals surface area (Å²) in [4.78, 5) is 23.9. The summed E-state index contributed by atoms with van der Waals surface area (Å²) in [5.41, 5.74) is 1.21. The number of rotatable bonds is 9. The number of likely N-dealkylation sites (N-methyl/N-ethyl adjacent to an activating group) is 1. The van der Waals surface area contributed by atoms with Gasteiger partial charge in [0.1, 0.15) is 35.6 Å². The highest BCUT2D eigenvalue weighted by Gasteiger charge is 2.47. The van der Waals surface area contributed by atoms with Crippen LogP contribution in [0, 0.1) is 11.7 Å². The Bertz CT molecular complexity index is 1380. The molecule has 3 heterocycles. The monoisotopic (exact) mass is 578 g/mol. The van der Waals surface area contributed by atoms with Gasteiger partial charge in [-0.2, -0.15) is 13.2 Å². The van der Waals surface area contributed by atoms with E-state index in [1.807, 2.05) is 19.0 Å². The van der Waals surface area contributed by atoms with E-state index >= 15 is 4.39 Å². The van der Waals surface area contributed by atoms with Gasteiger partial charge in [-0.05, 0) is 31.8 Å². The van der Waals surface area contributed by atoms with E-state index in [0.717, 1.165) is 12.6 Å². The summed E-state index contributed by atoms with van der Waals surface area (Å²) in [7, 11) is 6.85. The zero-order valence-corrected chi connectivity index (χ0v) is 22.8. The molecule has 1 saturated heterocycles. The lowest BCUT2D eigenvalue weighted by molar-refractivity contribution is -0.172. The van der Waals surface area contributed by atoms with Crippen LogP contribution in [0.4, 0.5) is 23.2 Å². The molecule has 220 valence electrons. The van der Waals surface area contributed by atoms with Crippen molar-refractivity contribution in [2.75, 3.05) is 46.7 Å². The summed E-state index contributed by atoms with van der Waals surface area (Å²) < 4.78 is 73.4. The molecule has 14 heteroatoms. The lowest BCUT2D eigenvalue weighted by Gasteiger charge is -2.27. The van der Waals surface area contributed by atoms with Crippen LogP contribution in [-0.4, -0.2) is 87.9 Å². The van der Waals surface area contributed by atoms with Crippen LogP contribution in [0.1, 0.15) is 27.6 Å². The van der Waals surface area contributed by atoms with Crippen LogP contribution in [0.2, 0.25) is 0 Å². The number of amides is 1. The SMILES string of the molecule is COc1cc(C2OC2NCCN(C)C)c(F)cc1NC1=NC(Oc2cccc3c2C(=O)N(C)C3)C(C(F)(F)F)C=N1. The lowest BCUT2D eigenvalue weighted by Crippen LogP contribution is -2.41. The van der Waals surface area contributed by atoms with Crippen molar-refractivity contribution in [2.45, 2.75) is 31.3 Å². The number of aliphatic imine (C=N–C) groups is 2. The highest BCUT2D eigenvalue weighted by Crippen LogP contribution is 2.42. The van der Waals surface area contributed by atoms with Crippen molar-refractivity contribution >= 4 is 23.8 Å². The van der Waals surface area contributed by atoms with Crippen LogP contribution in [0.25, 0.3) is 0 Å². The minimum absolute atomic E-state index is 0.0133. The van der Waals surface area contributed by atoms with Crippen LogP contribution in [0.15, 0.2) is 40.3 Å². The van der Waals surface area contributed by atoms with Gasteiger partial charge in [-0.3, -0.25) is 10.1 Å². The largest absolute Gasteiger partial charge is 0.495 e. The summed E-state index contributed by atoms with van der Waals surface area (Å²) in [6.07, 6.45) is -6.69. The zero-order valence-electron chi connectivity index (χ0n) is 22.8. The van der Waals surface area contributed by atoms with E-state index in [9.17, 15) is 18.0 Å². The maximum atomic E-state index is 15.1. The van der Waals surface area contributed by atoms with Crippen molar-refractivity contribution < 1.29 is 36.6 Å². The smallest absolute Gasteiger partial charge is 0.402 e. The molecule has 4 unspecified atom stereocenters. The van der Waals surface area contributed by atoms with E-state index in [1.54, 1.807) is 19.2 Å². The second-order valence-electron chi connectivity index (χ2n) is 10.2. The number of hydrogen-bond acceptors (Lipinski definition) is 9. The van der Waals surface area contributed by atoms with Gasteiger partial charge in [-0.15, -0.1) is 0 Å². The highest BCUT2D eigenvalue weighted by atomic mass is 19.4. The van der Waals surface area contributed by atoms with Gasteiger partial charge in [0.15, 0.2) is 0 Å². The van der Waals surface area contributed by atoms with Crippen molar-refractivity contribution in [2.24, 2.45) is 15.9 Å². The Hall–Kier alpha value is -3.75. The number of nitrogens with one attached hydrogen (secondary N) is 2. The number of hydrogen-bond donors (Lipinski definition) is 2. The van der Waals surface area contributed by atoms with Crippen molar-refractivity contribution in [1.29, 1.82) is 0 Å². The van der Waals surface area contributed by atoms with E-state index in [1.165, 1.54) is 24.1 Å². The fourth-order valence-corrected chi connectivity index (χ4v) is 4.68. The van der Waals surface area contributed by atoms with Gasteiger partial charge >= 0.3 is 6.18 Å².